The molecule has 4 heteroatoms. The van der Waals surface area contributed by atoms with Gasteiger partial charge in [0.15, 0.2) is 0 Å². The van der Waals surface area contributed by atoms with Gasteiger partial charge in [-0.15, -0.1) is 0 Å². The minimum Gasteiger partial charge on any atom is -0.497 e. The number of hydrogen-bond acceptors (Lipinski definition) is 2. The van der Waals surface area contributed by atoms with Gasteiger partial charge in [-0.1, -0.05) is 29.8 Å². The van der Waals surface area contributed by atoms with Crippen LogP contribution in [0.3, 0.4) is 0 Å². The van der Waals surface area contributed by atoms with Crippen molar-refractivity contribution in [3.63, 3.8) is 0 Å². The normalized spacial score (nSPS) is 12.5. The molecule has 0 saturated carbocycles. The Kier molecular flexibility index (Phi) is 4.77. The summed E-state index contributed by atoms with van der Waals surface area (Å²) in [7, 11) is 0.403. The second-order valence-corrected chi connectivity index (χ2v) is 5.54. The summed E-state index contributed by atoms with van der Waals surface area (Å²) in [6.45, 7) is 0. The quantitative estimate of drug-likeness (QED) is 0.847. The molecule has 2 aromatic rings. The topological polar surface area (TPSA) is 26.3 Å². The molecule has 0 fully saturated rings. The van der Waals surface area contributed by atoms with Gasteiger partial charge in [-0.2, -0.15) is 0 Å². The molecule has 2 nitrogen and oxygen atoms in total. The van der Waals surface area contributed by atoms with Crippen LogP contribution in [0.2, 0.25) is 5.02 Å². The molecule has 2 aromatic carbocycles. The second kappa shape index (κ2) is 6.55. The number of benzene rings is 2. The molecule has 2 rings (SSSR count). The lowest BCUT2D eigenvalue weighted by atomic mass is 10.2. The monoisotopic (exact) mass is 292 g/mol. The van der Waals surface area contributed by atoms with Gasteiger partial charge in [0.25, 0.3) is 0 Å². The fourth-order valence-corrected chi connectivity index (χ4v) is 2.56. The fraction of sp³-hybridized carbons (Fsp3) is 0.0667. The summed E-state index contributed by atoms with van der Waals surface area (Å²) in [5.74, 6) is 0.746. The SMILES string of the molecule is COc1ccc(S(=O)/C=C\c2ccccc2Cl)cc1. The molecule has 0 bridgehead atoms. The van der Waals surface area contributed by atoms with E-state index in [2.05, 4.69) is 0 Å². The molecule has 1 unspecified atom stereocenters. The Morgan fingerprint density at radius 1 is 1.11 bits per heavy atom. The van der Waals surface area contributed by atoms with Crippen molar-refractivity contribution in [1.29, 1.82) is 0 Å². The molecule has 98 valence electrons. The molecule has 1 atom stereocenters. The zero-order chi connectivity index (χ0) is 13.7. The second-order valence-electron chi connectivity index (χ2n) is 3.80. The van der Waals surface area contributed by atoms with Crippen molar-refractivity contribution >= 4 is 28.5 Å². The van der Waals surface area contributed by atoms with Crippen LogP contribution in [-0.2, 0) is 10.8 Å². The Morgan fingerprint density at radius 2 is 1.79 bits per heavy atom. The molecule has 0 spiro atoms. The molecule has 19 heavy (non-hydrogen) atoms. The maximum atomic E-state index is 12.1. The van der Waals surface area contributed by atoms with Crippen LogP contribution in [0.1, 0.15) is 5.56 Å². The molecular formula is C15H13ClO2S. The molecular weight excluding hydrogens is 280 g/mol. The van der Waals surface area contributed by atoms with E-state index in [4.69, 9.17) is 16.3 Å². The van der Waals surface area contributed by atoms with E-state index in [-0.39, 0.29) is 0 Å². The molecule has 0 N–H and O–H groups in total. The number of rotatable bonds is 4. The minimum absolute atomic E-state index is 0.644. The Labute approximate surface area is 120 Å². The molecule has 0 heterocycles. The Morgan fingerprint density at radius 3 is 2.42 bits per heavy atom. The van der Waals surface area contributed by atoms with Gasteiger partial charge in [-0.25, -0.2) is 4.21 Å². The van der Waals surface area contributed by atoms with Gasteiger partial charge in [0.1, 0.15) is 5.75 Å². The maximum Gasteiger partial charge on any atom is 0.118 e. The van der Waals surface area contributed by atoms with Crippen molar-refractivity contribution < 1.29 is 8.95 Å². The molecule has 0 aliphatic carbocycles. The Bertz CT molecular complexity index is 606. The average molecular weight is 293 g/mol. The van der Waals surface area contributed by atoms with Crippen molar-refractivity contribution in [3.05, 3.63) is 64.5 Å². The highest BCUT2D eigenvalue weighted by molar-refractivity contribution is 7.88. The van der Waals surface area contributed by atoms with Crippen LogP contribution in [0, 0.1) is 0 Å². The lowest BCUT2D eigenvalue weighted by molar-refractivity contribution is 0.414. The zero-order valence-corrected chi connectivity index (χ0v) is 11.9. The third-order valence-corrected chi connectivity index (χ3v) is 4.03. The van der Waals surface area contributed by atoms with Gasteiger partial charge >= 0.3 is 0 Å². The predicted molar refractivity (Wildman–Crippen MR) is 79.9 cm³/mol. The summed E-state index contributed by atoms with van der Waals surface area (Å²) in [5.41, 5.74) is 0.853. The Hall–Kier alpha value is -1.58. The van der Waals surface area contributed by atoms with Gasteiger partial charge < -0.3 is 4.74 Å². The summed E-state index contributed by atoms with van der Waals surface area (Å²) in [6.07, 6.45) is 1.77. The molecule has 0 saturated heterocycles. The highest BCUT2D eigenvalue weighted by atomic mass is 35.5. The van der Waals surface area contributed by atoms with Gasteiger partial charge in [-0.05, 0) is 42.0 Å². The van der Waals surface area contributed by atoms with Crippen molar-refractivity contribution in [2.75, 3.05) is 7.11 Å². The molecule has 0 amide bonds. The molecule has 0 aliphatic rings. The van der Waals surface area contributed by atoms with E-state index in [0.717, 1.165) is 16.2 Å². The molecule has 0 aliphatic heterocycles. The number of halogens is 1. The summed E-state index contributed by atoms with van der Waals surface area (Å²) < 4.78 is 17.1. The summed E-state index contributed by atoms with van der Waals surface area (Å²) in [4.78, 5) is 0.726. The third-order valence-electron chi connectivity index (χ3n) is 2.57. The average Bonchev–Trinajstić information content (AvgIpc) is 2.46. The zero-order valence-electron chi connectivity index (χ0n) is 10.4. The highest BCUT2D eigenvalue weighted by Gasteiger charge is 2.01. The summed E-state index contributed by atoms with van der Waals surface area (Å²) in [6, 6.07) is 14.6. The van der Waals surface area contributed by atoms with E-state index < -0.39 is 10.8 Å². The van der Waals surface area contributed by atoms with Crippen LogP contribution in [0.25, 0.3) is 6.08 Å². The first-order valence-electron chi connectivity index (χ1n) is 5.68. The van der Waals surface area contributed by atoms with E-state index in [0.29, 0.717) is 5.02 Å². The van der Waals surface area contributed by atoms with E-state index in [1.165, 1.54) is 0 Å². The van der Waals surface area contributed by atoms with Crippen LogP contribution in [0.15, 0.2) is 58.8 Å². The number of ether oxygens (including phenoxy) is 1. The summed E-state index contributed by atoms with van der Waals surface area (Å²) in [5, 5.41) is 2.27. The number of hydrogen-bond donors (Lipinski definition) is 0. The van der Waals surface area contributed by atoms with Crippen LogP contribution < -0.4 is 4.74 Å². The van der Waals surface area contributed by atoms with E-state index in [1.54, 1.807) is 48.9 Å². The maximum absolute atomic E-state index is 12.1. The lowest BCUT2D eigenvalue weighted by Gasteiger charge is -2.01. The molecule has 0 aromatic heterocycles. The number of methoxy groups -OCH3 is 1. The van der Waals surface area contributed by atoms with Crippen LogP contribution in [0.4, 0.5) is 0 Å². The van der Waals surface area contributed by atoms with Gasteiger partial charge in [0.05, 0.1) is 17.9 Å². The fourth-order valence-electron chi connectivity index (χ4n) is 1.53. The first-order valence-corrected chi connectivity index (χ1v) is 7.27. The van der Waals surface area contributed by atoms with Gasteiger partial charge in [0.2, 0.25) is 0 Å². The third kappa shape index (κ3) is 3.69. The van der Waals surface area contributed by atoms with E-state index in [9.17, 15) is 4.21 Å². The van der Waals surface area contributed by atoms with Crippen molar-refractivity contribution in [1.82, 2.24) is 0 Å². The van der Waals surface area contributed by atoms with Gasteiger partial charge in [-0.3, -0.25) is 0 Å². The van der Waals surface area contributed by atoms with Crippen LogP contribution in [0.5, 0.6) is 5.75 Å². The highest BCUT2D eigenvalue weighted by Crippen LogP contribution is 2.19. The van der Waals surface area contributed by atoms with E-state index in [1.807, 2.05) is 18.2 Å². The van der Waals surface area contributed by atoms with Crippen molar-refractivity contribution in [2.24, 2.45) is 0 Å². The Balaban J connectivity index is 2.14. The lowest BCUT2D eigenvalue weighted by Crippen LogP contribution is -1.87. The standard InChI is InChI=1S/C15H13ClO2S/c1-18-13-6-8-14(9-7-13)19(17)11-10-12-4-2-3-5-15(12)16/h2-11H,1H3/b11-10-. The van der Waals surface area contributed by atoms with Crippen LogP contribution in [-0.4, -0.2) is 11.3 Å². The van der Waals surface area contributed by atoms with Crippen molar-refractivity contribution in [2.45, 2.75) is 4.90 Å². The van der Waals surface area contributed by atoms with Crippen LogP contribution >= 0.6 is 11.6 Å². The first kappa shape index (κ1) is 13.8. The van der Waals surface area contributed by atoms with Gasteiger partial charge in [0, 0.05) is 15.3 Å². The largest absolute Gasteiger partial charge is 0.497 e. The smallest absolute Gasteiger partial charge is 0.118 e. The van der Waals surface area contributed by atoms with Crippen molar-refractivity contribution in [3.8, 4) is 5.75 Å². The molecule has 0 radical (unpaired) electrons. The first-order chi connectivity index (χ1) is 9.20. The predicted octanol–water partition coefficient (Wildman–Crippen LogP) is 4.13. The van der Waals surface area contributed by atoms with E-state index >= 15 is 0 Å². The minimum atomic E-state index is -1.20. The summed E-state index contributed by atoms with van der Waals surface area (Å²) >= 11 is 6.03.